The molecule has 6 nitrogen and oxygen atoms in total. The van der Waals surface area contributed by atoms with Crippen molar-refractivity contribution in [3.63, 3.8) is 0 Å². The first-order valence-corrected chi connectivity index (χ1v) is 10.9. The predicted octanol–water partition coefficient (Wildman–Crippen LogP) is 2.82. The molecule has 1 aliphatic carbocycles. The number of hydrogen-bond donors (Lipinski definition) is 2. The average Bonchev–Trinajstić information content (AvgIpc) is 2.91. The molecular formula is C20H26FN3O3S. The van der Waals surface area contributed by atoms with Crippen molar-refractivity contribution in [2.75, 3.05) is 18.8 Å². The van der Waals surface area contributed by atoms with Crippen LogP contribution in [0.3, 0.4) is 0 Å². The van der Waals surface area contributed by atoms with E-state index in [0.717, 1.165) is 19.3 Å². The zero-order valence-corrected chi connectivity index (χ0v) is 16.7. The lowest BCUT2D eigenvalue weighted by molar-refractivity contribution is -0.132. The summed E-state index contributed by atoms with van der Waals surface area (Å²) < 4.78 is 13.5. The molecule has 4 amide bonds. The fraction of sp³-hybridized carbons (Fsp3) is 0.550. The van der Waals surface area contributed by atoms with Crippen LogP contribution in [-0.2, 0) is 15.3 Å². The summed E-state index contributed by atoms with van der Waals surface area (Å²) in [6, 6.07) is 6.25. The van der Waals surface area contributed by atoms with Gasteiger partial charge in [-0.05, 0) is 24.5 Å². The monoisotopic (exact) mass is 407 g/mol. The Hall–Kier alpha value is -2.09. The lowest BCUT2D eigenvalue weighted by Crippen LogP contribution is -2.48. The Labute approximate surface area is 168 Å². The van der Waals surface area contributed by atoms with E-state index in [4.69, 9.17) is 0 Å². The molecule has 0 aromatic heterocycles. The smallest absolute Gasteiger partial charge is 0.325 e. The van der Waals surface area contributed by atoms with Crippen molar-refractivity contribution in [3.8, 4) is 0 Å². The van der Waals surface area contributed by atoms with Crippen molar-refractivity contribution in [1.29, 1.82) is 0 Å². The lowest BCUT2D eigenvalue weighted by atomic mass is 9.82. The molecule has 28 heavy (non-hydrogen) atoms. The van der Waals surface area contributed by atoms with Crippen LogP contribution in [0.1, 0.15) is 44.1 Å². The third kappa shape index (κ3) is 4.84. The zero-order valence-electron chi connectivity index (χ0n) is 15.8. The van der Waals surface area contributed by atoms with Crippen LogP contribution >= 0.6 is 11.8 Å². The van der Waals surface area contributed by atoms with Crippen molar-refractivity contribution in [1.82, 2.24) is 15.5 Å². The minimum atomic E-state index is -0.741. The van der Waals surface area contributed by atoms with E-state index in [2.05, 4.69) is 10.6 Å². The minimum Gasteiger partial charge on any atom is -0.355 e. The van der Waals surface area contributed by atoms with Gasteiger partial charge in [0.1, 0.15) is 11.4 Å². The normalized spacial score (nSPS) is 18.4. The summed E-state index contributed by atoms with van der Waals surface area (Å²) >= 11 is 1.54. The molecule has 0 bridgehead atoms. The second-order valence-corrected chi connectivity index (χ2v) is 8.38. The number of rotatable bonds is 8. The predicted molar refractivity (Wildman–Crippen MR) is 106 cm³/mol. The van der Waals surface area contributed by atoms with E-state index in [1.54, 1.807) is 18.2 Å². The van der Waals surface area contributed by atoms with Gasteiger partial charge in [0.2, 0.25) is 5.91 Å². The van der Waals surface area contributed by atoms with E-state index in [9.17, 15) is 18.8 Å². The molecule has 2 fully saturated rings. The lowest BCUT2D eigenvalue weighted by Gasteiger charge is -2.30. The first-order chi connectivity index (χ1) is 13.5. The summed E-state index contributed by atoms with van der Waals surface area (Å²) in [5.74, 6) is 0.602. The van der Waals surface area contributed by atoms with Crippen LogP contribution < -0.4 is 10.6 Å². The van der Waals surface area contributed by atoms with Gasteiger partial charge >= 0.3 is 6.03 Å². The Bertz CT molecular complexity index is 737. The maximum absolute atomic E-state index is 13.5. The quantitative estimate of drug-likeness (QED) is 0.513. The Morgan fingerprint density at radius 3 is 2.71 bits per heavy atom. The van der Waals surface area contributed by atoms with Gasteiger partial charge in [0.15, 0.2) is 0 Å². The number of hydrogen-bond acceptors (Lipinski definition) is 4. The second kappa shape index (κ2) is 9.41. The number of nitrogens with one attached hydrogen (secondary N) is 2. The fourth-order valence-electron chi connectivity index (χ4n) is 3.74. The van der Waals surface area contributed by atoms with E-state index < -0.39 is 5.54 Å². The number of urea groups is 1. The van der Waals surface area contributed by atoms with Crippen molar-refractivity contribution in [2.24, 2.45) is 0 Å². The number of benzene rings is 1. The molecule has 1 saturated heterocycles. The largest absolute Gasteiger partial charge is 0.355 e. The van der Waals surface area contributed by atoms with E-state index in [1.807, 2.05) is 0 Å². The molecule has 2 N–H and O–H groups in total. The number of imide groups is 1. The van der Waals surface area contributed by atoms with Gasteiger partial charge in [0.05, 0.1) is 0 Å². The summed E-state index contributed by atoms with van der Waals surface area (Å²) in [4.78, 5) is 38.0. The highest BCUT2D eigenvalue weighted by Crippen LogP contribution is 2.33. The molecule has 1 heterocycles. The van der Waals surface area contributed by atoms with Crippen LogP contribution in [0.5, 0.6) is 0 Å². The van der Waals surface area contributed by atoms with Gasteiger partial charge in [-0.2, -0.15) is 11.8 Å². The van der Waals surface area contributed by atoms with Gasteiger partial charge in [0, 0.05) is 31.0 Å². The maximum atomic E-state index is 13.5. The van der Waals surface area contributed by atoms with Crippen LogP contribution in [0, 0.1) is 5.82 Å². The number of carbonyl (C=O) groups is 3. The molecule has 8 heteroatoms. The molecule has 1 spiro atoms. The van der Waals surface area contributed by atoms with Crippen LogP contribution in [-0.4, -0.2) is 47.1 Å². The van der Waals surface area contributed by atoms with Crippen molar-refractivity contribution >= 4 is 29.6 Å². The van der Waals surface area contributed by atoms with E-state index >= 15 is 0 Å². The highest BCUT2D eigenvalue weighted by atomic mass is 32.2. The summed E-state index contributed by atoms with van der Waals surface area (Å²) in [5.41, 5.74) is -0.0937. The number of halogens is 1. The van der Waals surface area contributed by atoms with Crippen molar-refractivity contribution < 1.29 is 18.8 Å². The number of nitrogens with zero attached hydrogens (tertiary/aromatic N) is 1. The van der Waals surface area contributed by atoms with Gasteiger partial charge in [-0.25, -0.2) is 9.18 Å². The van der Waals surface area contributed by atoms with Gasteiger partial charge in [-0.1, -0.05) is 37.5 Å². The van der Waals surface area contributed by atoms with E-state index in [1.165, 1.54) is 22.7 Å². The molecule has 3 rings (SSSR count). The van der Waals surface area contributed by atoms with Gasteiger partial charge in [-0.15, -0.1) is 0 Å². The molecule has 0 radical (unpaired) electrons. The van der Waals surface area contributed by atoms with Gasteiger partial charge < -0.3 is 10.6 Å². The van der Waals surface area contributed by atoms with Crippen LogP contribution in [0.4, 0.5) is 9.18 Å². The Morgan fingerprint density at radius 2 is 1.96 bits per heavy atom. The summed E-state index contributed by atoms with van der Waals surface area (Å²) in [5, 5.41) is 5.63. The molecule has 2 aliphatic rings. The van der Waals surface area contributed by atoms with Crippen LogP contribution in [0.25, 0.3) is 0 Å². The number of amides is 4. The Morgan fingerprint density at radius 1 is 1.21 bits per heavy atom. The van der Waals surface area contributed by atoms with Crippen LogP contribution in [0.2, 0.25) is 0 Å². The van der Waals surface area contributed by atoms with Gasteiger partial charge in [0.25, 0.3) is 5.91 Å². The highest BCUT2D eigenvalue weighted by molar-refractivity contribution is 7.98. The Kier molecular flexibility index (Phi) is 6.93. The zero-order chi connectivity index (χ0) is 20.0. The summed E-state index contributed by atoms with van der Waals surface area (Å²) in [6.07, 6.45) is 4.41. The average molecular weight is 408 g/mol. The summed E-state index contributed by atoms with van der Waals surface area (Å²) in [7, 11) is 0. The second-order valence-electron chi connectivity index (χ2n) is 7.27. The third-order valence-electron chi connectivity index (χ3n) is 5.30. The molecule has 1 saturated carbocycles. The molecule has 0 atom stereocenters. The molecule has 1 aromatic rings. The molecule has 1 aromatic carbocycles. The third-order valence-corrected chi connectivity index (χ3v) is 6.31. The topological polar surface area (TPSA) is 78.5 Å². The number of carbonyl (C=O) groups excluding carboxylic acids is 3. The highest BCUT2D eigenvalue weighted by Gasteiger charge is 2.50. The van der Waals surface area contributed by atoms with Crippen LogP contribution in [0.15, 0.2) is 24.3 Å². The molecular weight excluding hydrogens is 381 g/mol. The Balaban J connectivity index is 1.35. The first kappa shape index (κ1) is 20.6. The standard InChI is InChI=1S/C20H26FN3O3S/c21-16-7-3-2-6-15(16)14-28-13-11-22-17(25)8-12-24-18(26)20(23-19(24)27)9-4-1-5-10-20/h2-3,6-7H,1,4-5,8-14H2,(H,22,25)(H,23,27). The minimum absolute atomic E-state index is 0.0905. The van der Waals surface area contributed by atoms with Crippen molar-refractivity contribution in [3.05, 3.63) is 35.6 Å². The maximum Gasteiger partial charge on any atom is 0.325 e. The SMILES string of the molecule is O=C(CCN1C(=O)NC2(CCCCC2)C1=O)NCCSCc1ccccc1F. The molecule has 1 aliphatic heterocycles. The van der Waals surface area contributed by atoms with Gasteiger partial charge in [-0.3, -0.25) is 14.5 Å². The molecule has 152 valence electrons. The first-order valence-electron chi connectivity index (χ1n) is 9.74. The van der Waals surface area contributed by atoms with E-state index in [-0.39, 0.29) is 36.6 Å². The fourth-order valence-corrected chi connectivity index (χ4v) is 4.58. The van der Waals surface area contributed by atoms with Crippen molar-refractivity contribution in [2.45, 2.75) is 49.8 Å². The number of thioether (sulfide) groups is 1. The summed E-state index contributed by atoms with van der Waals surface area (Å²) in [6.45, 7) is 0.558. The van der Waals surface area contributed by atoms with E-state index in [0.29, 0.717) is 36.5 Å². The molecule has 0 unspecified atom stereocenters.